The Morgan fingerprint density at radius 3 is 2.75 bits per heavy atom. The van der Waals surface area contributed by atoms with Crippen LogP contribution in [-0.2, 0) is 6.54 Å². The number of thiocarbonyl (C=S) groups is 1. The average Bonchev–Trinajstić information content (AvgIpc) is 2.48. The maximum atomic E-state index is 12.7. The maximum absolute atomic E-state index is 12.7. The highest BCUT2D eigenvalue weighted by Crippen LogP contribution is 2.01. The van der Waals surface area contributed by atoms with Crippen molar-refractivity contribution in [3.05, 3.63) is 65.7 Å². The quantitative estimate of drug-likeness (QED) is 0.514. The molecule has 4 nitrogen and oxygen atoms in total. The number of hydrazone groups is 1. The third-order valence-electron chi connectivity index (χ3n) is 2.42. The van der Waals surface area contributed by atoms with Gasteiger partial charge in [-0.2, -0.15) is 5.10 Å². The lowest BCUT2D eigenvalue weighted by Gasteiger charge is -2.06. The number of halogens is 1. The lowest BCUT2D eigenvalue weighted by Crippen LogP contribution is -2.31. The zero-order valence-corrected chi connectivity index (χ0v) is 11.4. The van der Waals surface area contributed by atoms with E-state index in [1.165, 1.54) is 12.1 Å². The van der Waals surface area contributed by atoms with Gasteiger partial charge in [0.05, 0.1) is 11.9 Å². The van der Waals surface area contributed by atoms with E-state index in [1.54, 1.807) is 24.5 Å². The van der Waals surface area contributed by atoms with Crippen molar-refractivity contribution >= 4 is 23.5 Å². The molecule has 0 radical (unpaired) electrons. The Hall–Kier alpha value is -2.34. The lowest BCUT2D eigenvalue weighted by atomic mass is 10.2. The molecule has 1 aromatic heterocycles. The molecule has 20 heavy (non-hydrogen) atoms. The van der Waals surface area contributed by atoms with Crippen molar-refractivity contribution in [1.82, 2.24) is 15.7 Å². The van der Waals surface area contributed by atoms with E-state index in [0.717, 1.165) is 11.3 Å². The first-order valence-electron chi connectivity index (χ1n) is 5.96. The van der Waals surface area contributed by atoms with E-state index in [9.17, 15) is 4.39 Å². The molecule has 1 heterocycles. The molecule has 0 bridgehead atoms. The number of aromatic nitrogens is 1. The smallest absolute Gasteiger partial charge is 0.187 e. The van der Waals surface area contributed by atoms with Crippen LogP contribution in [0, 0.1) is 5.82 Å². The Morgan fingerprint density at radius 1 is 1.25 bits per heavy atom. The number of pyridine rings is 1. The second kappa shape index (κ2) is 7.30. The summed E-state index contributed by atoms with van der Waals surface area (Å²) in [5, 5.41) is 7.33. The van der Waals surface area contributed by atoms with Crippen LogP contribution in [0.5, 0.6) is 0 Å². The van der Waals surface area contributed by atoms with Gasteiger partial charge in [0.15, 0.2) is 5.11 Å². The summed E-state index contributed by atoms with van der Waals surface area (Å²) in [5.74, 6) is -0.255. The van der Waals surface area contributed by atoms with E-state index in [-0.39, 0.29) is 5.82 Å². The number of hydrogen-bond donors (Lipinski definition) is 2. The summed E-state index contributed by atoms with van der Waals surface area (Å²) in [7, 11) is 0. The molecule has 0 atom stereocenters. The fraction of sp³-hybridized carbons (Fsp3) is 0.0714. The summed E-state index contributed by atoms with van der Waals surface area (Å²) in [4.78, 5) is 4.09. The normalized spacial score (nSPS) is 10.4. The zero-order chi connectivity index (χ0) is 14.2. The van der Waals surface area contributed by atoms with Gasteiger partial charge in [-0.05, 0) is 42.0 Å². The minimum atomic E-state index is -0.255. The van der Waals surface area contributed by atoms with E-state index in [1.807, 2.05) is 18.2 Å². The number of hydrogen-bond acceptors (Lipinski definition) is 3. The van der Waals surface area contributed by atoms with Crippen LogP contribution < -0.4 is 10.7 Å². The van der Waals surface area contributed by atoms with Crippen molar-refractivity contribution in [2.45, 2.75) is 6.54 Å². The zero-order valence-electron chi connectivity index (χ0n) is 10.6. The topological polar surface area (TPSA) is 49.3 Å². The van der Waals surface area contributed by atoms with Gasteiger partial charge in [0.1, 0.15) is 5.82 Å². The predicted octanol–water partition coefficient (Wildman–Crippen LogP) is 2.22. The van der Waals surface area contributed by atoms with Gasteiger partial charge < -0.3 is 5.32 Å². The van der Waals surface area contributed by atoms with Gasteiger partial charge in [0.25, 0.3) is 0 Å². The van der Waals surface area contributed by atoms with Crippen LogP contribution in [0.3, 0.4) is 0 Å². The van der Waals surface area contributed by atoms with Crippen LogP contribution in [0.2, 0.25) is 0 Å². The third-order valence-corrected chi connectivity index (χ3v) is 2.65. The molecule has 0 amide bonds. The van der Waals surface area contributed by atoms with Gasteiger partial charge in [-0.15, -0.1) is 0 Å². The highest BCUT2D eigenvalue weighted by Gasteiger charge is 1.96. The molecule has 0 spiro atoms. The third kappa shape index (κ3) is 4.74. The Kier molecular flexibility index (Phi) is 5.14. The molecule has 0 aliphatic carbocycles. The molecule has 0 fully saturated rings. The minimum Gasteiger partial charge on any atom is -0.357 e. The van der Waals surface area contributed by atoms with Crippen molar-refractivity contribution in [3.63, 3.8) is 0 Å². The summed E-state index contributed by atoms with van der Waals surface area (Å²) in [6.45, 7) is 0.505. The highest BCUT2D eigenvalue weighted by atomic mass is 32.1. The SMILES string of the molecule is Fc1ccc(CNC(=S)N/N=C\c2ccccn2)cc1. The lowest BCUT2D eigenvalue weighted by molar-refractivity contribution is 0.626. The Labute approximate surface area is 121 Å². The molecule has 6 heteroatoms. The van der Waals surface area contributed by atoms with Gasteiger partial charge in [0.2, 0.25) is 0 Å². The van der Waals surface area contributed by atoms with Gasteiger partial charge in [-0.3, -0.25) is 10.4 Å². The molecule has 2 rings (SSSR count). The van der Waals surface area contributed by atoms with Crippen molar-refractivity contribution < 1.29 is 4.39 Å². The average molecular weight is 288 g/mol. The van der Waals surface area contributed by atoms with Gasteiger partial charge >= 0.3 is 0 Å². The van der Waals surface area contributed by atoms with Crippen LogP contribution in [0.4, 0.5) is 4.39 Å². The molecular formula is C14H13FN4S. The van der Waals surface area contributed by atoms with Gasteiger partial charge in [-0.1, -0.05) is 18.2 Å². The largest absolute Gasteiger partial charge is 0.357 e. The van der Waals surface area contributed by atoms with Crippen molar-refractivity contribution in [2.75, 3.05) is 0 Å². The van der Waals surface area contributed by atoms with Gasteiger partial charge in [0, 0.05) is 12.7 Å². The minimum absolute atomic E-state index is 0.255. The molecular weight excluding hydrogens is 275 g/mol. The first-order chi connectivity index (χ1) is 9.74. The van der Waals surface area contributed by atoms with E-state index in [4.69, 9.17) is 12.2 Å². The standard InChI is InChI=1S/C14H13FN4S/c15-12-6-4-11(5-7-12)9-17-14(20)19-18-10-13-3-1-2-8-16-13/h1-8,10H,9H2,(H2,17,19,20)/b18-10-. The van der Waals surface area contributed by atoms with E-state index in [0.29, 0.717) is 11.7 Å². The predicted molar refractivity (Wildman–Crippen MR) is 80.8 cm³/mol. The molecule has 0 aliphatic heterocycles. The van der Waals surface area contributed by atoms with E-state index < -0.39 is 0 Å². The number of nitrogens with one attached hydrogen (secondary N) is 2. The van der Waals surface area contributed by atoms with Crippen LogP contribution in [0.15, 0.2) is 53.8 Å². The second-order valence-electron chi connectivity index (χ2n) is 3.93. The molecule has 0 unspecified atom stereocenters. The van der Waals surface area contributed by atoms with Crippen LogP contribution in [0.25, 0.3) is 0 Å². The fourth-order valence-corrected chi connectivity index (χ4v) is 1.56. The van der Waals surface area contributed by atoms with E-state index >= 15 is 0 Å². The summed E-state index contributed by atoms with van der Waals surface area (Å²) in [5.41, 5.74) is 4.36. The number of benzene rings is 1. The van der Waals surface area contributed by atoms with Gasteiger partial charge in [-0.25, -0.2) is 4.39 Å². The molecule has 2 N–H and O–H groups in total. The Balaban J connectivity index is 1.76. The first kappa shape index (κ1) is 14.1. The molecule has 0 saturated heterocycles. The summed E-state index contributed by atoms with van der Waals surface area (Å²) in [6, 6.07) is 11.8. The number of nitrogens with zero attached hydrogens (tertiary/aromatic N) is 2. The van der Waals surface area contributed by atoms with E-state index in [2.05, 4.69) is 20.8 Å². The summed E-state index contributed by atoms with van der Waals surface area (Å²) < 4.78 is 12.7. The highest BCUT2D eigenvalue weighted by molar-refractivity contribution is 7.80. The van der Waals surface area contributed by atoms with Crippen molar-refractivity contribution in [3.8, 4) is 0 Å². The monoisotopic (exact) mass is 288 g/mol. The molecule has 0 aliphatic rings. The fourth-order valence-electron chi connectivity index (χ4n) is 1.43. The molecule has 102 valence electrons. The van der Waals surface area contributed by atoms with Crippen LogP contribution >= 0.6 is 12.2 Å². The molecule has 0 saturated carbocycles. The van der Waals surface area contributed by atoms with Crippen molar-refractivity contribution in [2.24, 2.45) is 5.10 Å². The first-order valence-corrected chi connectivity index (χ1v) is 6.37. The van der Waals surface area contributed by atoms with Crippen LogP contribution in [0.1, 0.15) is 11.3 Å². The molecule has 2 aromatic rings. The number of rotatable bonds is 4. The Morgan fingerprint density at radius 2 is 2.05 bits per heavy atom. The summed E-state index contributed by atoms with van der Waals surface area (Å²) >= 11 is 5.06. The molecule has 1 aromatic carbocycles. The summed E-state index contributed by atoms with van der Waals surface area (Å²) in [6.07, 6.45) is 3.26. The van der Waals surface area contributed by atoms with Crippen molar-refractivity contribution in [1.29, 1.82) is 0 Å². The Bertz CT molecular complexity index is 584. The maximum Gasteiger partial charge on any atom is 0.187 e. The second-order valence-corrected chi connectivity index (χ2v) is 4.34. The van der Waals surface area contributed by atoms with Crippen LogP contribution in [-0.4, -0.2) is 16.3 Å².